The zero-order chi connectivity index (χ0) is 14.9. The van der Waals surface area contributed by atoms with Gasteiger partial charge >= 0.3 is 0 Å². The van der Waals surface area contributed by atoms with Crippen molar-refractivity contribution >= 4 is 0 Å². The van der Waals surface area contributed by atoms with Gasteiger partial charge in [0.2, 0.25) is 0 Å². The van der Waals surface area contributed by atoms with E-state index in [1.807, 2.05) is 4.90 Å². The quantitative estimate of drug-likeness (QED) is 0.263. The number of rotatable bonds is 2. The van der Waals surface area contributed by atoms with Gasteiger partial charge in [0.05, 0.1) is 31.3 Å². The third-order valence-corrected chi connectivity index (χ3v) is 5.01. The van der Waals surface area contributed by atoms with Gasteiger partial charge in [0.15, 0.2) is 6.29 Å². The lowest BCUT2D eigenvalue weighted by molar-refractivity contribution is -0.143. The molecule has 3 saturated heterocycles. The molecule has 0 amide bonds. The van der Waals surface area contributed by atoms with Crippen LogP contribution in [0, 0.1) is 0 Å². The highest BCUT2D eigenvalue weighted by Crippen LogP contribution is 2.47. The smallest absolute Gasteiger partial charge is 0.185 e. The van der Waals surface area contributed by atoms with Gasteiger partial charge in [-0.25, -0.2) is 0 Å². The lowest BCUT2D eigenvalue weighted by Gasteiger charge is -2.35. The summed E-state index contributed by atoms with van der Waals surface area (Å²) in [4.78, 5) is 1.87. The highest BCUT2D eigenvalue weighted by atomic mass is 16.7. The average Bonchev–Trinajstić information content (AvgIpc) is 3.07. The second kappa shape index (κ2) is 4.71. The SMILES string of the molecule is OCC1=C[C@@H](N2[C@H]3[C@@H](O)[C@H]4OC[C@@H](O4)[C@H]32)[C@H](O)[C@@H](O)[C@@H]1O. The molecule has 3 aliphatic heterocycles. The molecule has 0 saturated carbocycles. The van der Waals surface area contributed by atoms with E-state index < -0.39 is 43.4 Å². The van der Waals surface area contributed by atoms with Crippen LogP contribution in [-0.4, -0.2) is 98.6 Å². The molecule has 8 nitrogen and oxygen atoms in total. The van der Waals surface area contributed by atoms with Gasteiger partial charge in [-0.1, -0.05) is 6.08 Å². The molecule has 2 bridgehead atoms. The van der Waals surface area contributed by atoms with Gasteiger partial charge in [-0.2, -0.15) is 0 Å². The Balaban J connectivity index is 1.61. The van der Waals surface area contributed by atoms with Crippen LogP contribution in [0.1, 0.15) is 0 Å². The van der Waals surface area contributed by atoms with Crippen LogP contribution >= 0.6 is 0 Å². The molecule has 0 spiro atoms. The van der Waals surface area contributed by atoms with E-state index in [0.717, 1.165) is 0 Å². The molecule has 1 aliphatic carbocycles. The normalized spacial score (nSPS) is 58.6. The summed E-state index contributed by atoms with van der Waals surface area (Å²) in [5, 5.41) is 49.4. The molecule has 118 valence electrons. The molecule has 1 unspecified atom stereocenters. The van der Waals surface area contributed by atoms with Crippen molar-refractivity contribution in [2.24, 2.45) is 0 Å². The Hall–Kier alpha value is -0.580. The third-order valence-electron chi connectivity index (χ3n) is 5.01. The number of nitrogens with zero attached hydrogens (tertiary/aromatic N) is 1. The fourth-order valence-corrected chi connectivity index (χ4v) is 3.87. The maximum Gasteiger partial charge on any atom is 0.185 e. The average molecular weight is 301 g/mol. The second-order valence-corrected chi connectivity index (χ2v) is 6.11. The van der Waals surface area contributed by atoms with Crippen LogP contribution in [0.15, 0.2) is 11.6 Å². The monoisotopic (exact) mass is 301 g/mol. The summed E-state index contributed by atoms with van der Waals surface area (Å²) >= 11 is 0. The minimum atomic E-state index is -1.36. The number of fused-ring (bicyclic) bond motifs is 4. The van der Waals surface area contributed by atoms with Crippen molar-refractivity contribution in [3.05, 3.63) is 11.6 Å². The molecule has 0 radical (unpaired) electrons. The first-order valence-corrected chi connectivity index (χ1v) is 7.13. The molecule has 4 aliphatic rings. The van der Waals surface area contributed by atoms with E-state index in [2.05, 4.69) is 0 Å². The van der Waals surface area contributed by atoms with Crippen LogP contribution in [0.5, 0.6) is 0 Å². The van der Waals surface area contributed by atoms with Gasteiger partial charge in [-0.3, -0.25) is 4.90 Å². The van der Waals surface area contributed by atoms with Crippen LogP contribution in [0.25, 0.3) is 0 Å². The van der Waals surface area contributed by atoms with Gasteiger partial charge in [-0.15, -0.1) is 0 Å². The Labute approximate surface area is 120 Å². The van der Waals surface area contributed by atoms with Gasteiger partial charge in [0, 0.05) is 0 Å². The van der Waals surface area contributed by atoms with Crippen LogP contribution in [0.2, 0.25) is 0 Å². The molecule has 3 fully saturated rings. The number of aliphatic hydroxyl groups excluding tert-OH is 5. The van der Waals surface area contributed by atoms with Crippen molar-refractivity contribution in [3.8, 4) is 0 Å². The summed E-state index contributed by atoms with van der Waals surface area (Å²) < 4.78 is 10.9. The van der Waals surface area contributed by atoms with Crippen LogP contribution in [0.3, 0.4) is 0 Å². The van der Waals surface area contributed by atoms with E-state index >= 15 is 0 Å². The standard InChI is InChI=1S/C13H19NO7/c15-2-4-1-5(10(17)12(19)9(4)16)14-7-6-3-20-13(21-6)11(18)8(7)14/h1,5-13,15-19H,2-3H2/t5-,6-,7-,8-,9-,10+,11-,12+,13+,14?/m1/s1. The van der Waals surface area contributed by atoms with Crippen LogP contribution < -0.4 is 0 Å². The molecule has 10 atom stereocenters. The Morgan fingerprint density at radius 3 is 2.57 bits per heavy atom. The summed E-state index contributed by atoms with van der Waals surface area (Å²) in [6.45, 7) is 0.00277. The maximum atomic E-state index is 10.2. The largest absolute Gasteiger partial charge is 0.392 e. The zero-order valence-corrected chi connectivity index (χ0v) is 11.2. The second-order valence-electron chi connectivity index (χ2n) is 6.11. The minimum absolute atomic E-state index is 0.0861. The van der Waals surface area contributed by atoms with E-state index in [1.54, 1.807) is 6.08 Å². The summed E-state index contributed by atoms with van der Waals surface area (Å²) in [6.07, 6.45) is -3.87. The van der Waals surface area contributed by atoms with E-state index in [9.17, 15) is 25.5 Å². The van der Waals surface area contributed by atoms with Crippen LogP contribution in [-0.2, 0) is 9.47 Å². The summed E-state index contributed by atoms with van der Waals surface area (Å²) in [6, 6.07) is -0.857. The Bertz CT molecular complexity index is 467. The maximum absolute atomic E-state index is 10.2. The molecule has 4 rings (SSSR count). The lowest BCUT2D eigenvalue weighted by Crippen LogP contribution is -2.52. The van der Waals surface area contributed by atoms with E-state index in [0.29, 0.717) is 6.61 Å². The fraction of sp³-hybridized carbons (Fsp3) is 0.846. The first-order chi connectivity index (χ1) is 10.0. The number of hydrogen-bond donors (Lipinski definition) is 5. The number of aliphatic hydroxyl groups is 5. The third kappa shape index (κ3) is 1.85. The van der Waals surface area contributed by atoms with Gasteiger partial charge in [0.1, 0.15) is 30.5 Å². The van der Waals surface area contributed by atoms with Crippen LogP contribution in [0.4, 0.5) is 0 Å². The molecular formula is C13H19NO7. The predicted octanol–water partition coefficient (Wildman–Crippen LogP) is -3.46. The fourth-order valence-electron chi connectivity index (χ4n) is 3.87. The number of hydrogen-bond acceptors (Lipinski definition) is 8. The van der Waals surface area contributed by atoms with Gasteiger partial charge < -0.3 is 35.0 Å². The van der Waals surface area contributed by atoms with Gasteiger partial charge in [-0.05, 0) is 5.57 Å². The Kier molecular flexibility index (Phi) is 3.15. The molecule has 8 heteroatoms. The first-order valence-electron chi connectivity index (χ1n) is 7.13. The summed E-state index contributed by atoms with van der Waals surface area (Å²) in [5.74, 6) is 0. The predicted molar refractivity (Wildman–Crippen MR) is 67.0 cm³/mol. The molecule has 0 aromatic heterocycles. The molecule has 0 aromatic carbocycles. The Morgan fingerprint density at radius 1 is 1.10 bits per heavy atom. The van der Waals surface area contributed by atoms with Crippen molar-refractivity contribution in [1.29, 1.82) is 0 Å². The number of ether oxygens (including phenoxy) is 2. The van der Waals surface area contributed by atoms with Gasteiger partial charge in [0.25, 0.3) is 0 Å². The zero-order valence-electron chi connectivity index (χ0n) is 11.2. The summed E-state index contributed by atoms with van der Waals surface area (Å²) in [7, 11) is 0. The van der Waals surface area contributed by atoms with Crippen molar-refractivity contribution in [1.82, 2.24) is 4.90 Å². The van der Waals surface area contributed by atoms with Crippen molar-refractivity contribution in [2.45, 2.75) is 54.9 Å². The van der Waals surface area contributed by atoms with E-state index in [1.165, 1.54) is 0 Å². The van der Waals surface area contributed by atoms with Crippen molar-refractivity contribution in [3.63, 3.8) is 0 Å². The highest BCUT2D eigenvalue weighted by Gasteiger charge is 2.67. The molecular weight excluding hydrogens is 282 g/mol. The summed E-state index contributed by atoms with van der Waals surface area (Å²) in [5.41, 5.74) is 0.276. The minimum Gasteiger partial charge on any atom is -0.392 e. The van der Waals surface area contributed by atoms with E-state index in [-0.39, 0.29) is 23.8 Å². The topological polar surface area (TPSA) is 123 Å². The van der Waals surface area contributed by atoms with Crippen molar-refractivity contribution in [2.75, 3.05) is 13.2 Å². The lowest BCUT2D eigenvalue weighted by atomic mass is 9.88. The molecule has 5 N–H and O–H groups in total. The van der Waals surface area contributed by atoms with E-state index in [4.69, 9.17) is 9.47 Å². The first kappa shape index (κ1) is 14.0. The Morgan fingerprint density at radius 2 is 1.86 bits per heavy atom. The molecule has 0 aromatic rings. The molecule has 3 heterocycles. The van der Waals surface area contributed by atoms with Crippen molar-refractivity contribution < 1.29 is 35.0 Å². The molecule has 21 heavy (non-hydrogen) atoms. The highest BCUT2D eigenvalue weighted by molar-refractivity contribution is 5.28.